The van der Waals surface area contributed by atoms with Crippen molar-refractivity contribution in [2.24, 2.45) is 0 Å². The van der Waals surface area contributed by atoms with Crippen molar-refractivity contribution in [1.82, 2.24) is 19.6 Å². The topological polar surface area (TPSA) is 98.9 Å². The average Bonchev–Trinajstić information content (AvgIpc) is 3.05. The lowest BCUT2D eigenvalue weighted by Crippen LogP contribution is -2.22. The number of rotatable bonds is 5. The van der Waals surface area contributed by atoms with Gasteiger partial charge < -0.3 is 9.47 Å². The van der Waals surface area contributed by atoms with Gasteiger partial charge in [0.25, 0.3) is 10.9 Å². The lowest BCUT2D eigenvalue weighted by molar-refractivity contribution is 0.365. The molecule has 138 valence electrons. The van der Waals surface area contributed by atoms with Crippen LogP contribution in [0, 0.1) is 6.92 Å². The third kappa shape index (κ3) is 3.00. The Balaban J connectivity index is 2.15. The number of hydrogen-bond donors (Lipinski definition) is 0. The van der Waals surface area contributed by atoms with Gasteiger partial charge in [0.05, 0.1) is 19.9 Å². The number of ether oxygens (including phenoxy) is 2. The van der Waals surface area contributed by atoms with Crippen molar-refractivity contribution in [2.45, 2.75) is 12.1 Å². The zero-order chi connectivity index (χ0) is 19.1. The first kappa shape index (κ1) is 18.5. The van der Waals surface area contributed by atoms with E-state index in [0.717, 1.165) is 10.1 Å². The van der Waals surface area contributed by atoms with E-state index in [9.17, 15) is 8.42 Å². The van der Waals surface area contributed by atoms with Crippen LogP contribution in [0.3, 0.4) is 0 Å². The molecule has 0 radical (unpaired) electrons. The normalized spacial score (nSPS) is 11.6. The third-order valence-electron chi connectivity index (χ3n) is 3.37. The fourth-order valence-electron chi connectivity index (χ4n) is 2.19. The van der Waals surface area contributed by atoms with Crippen LogP contribution < -0.4 is 13.3 Å². The van der Waals surface area contributed by atoms with Crippen LogP contribution in [0.1, 0.15) is 5.56 Å². The number of sulfonamides is 1. The Morgan fingerprint density at radius 3 is 2.54 bits per heavy atom. The van der Waals surface area contributed by atoms with Crippen LogP contribution in [-0.4, -0.2) is 42.2 Å². The maximum atomic E-state index is 12.8. The van der Waals surface area contributed by atoms with Gasteiger partial charge in [-0.05, 0) is 24.6 Å². The summed E-state index contributed by atoms with van der Waals surface area (Å²) in [5.41, 5.74) is 1.09. The van der Waals surface area contributed by atoms with Crippen molar-refractivity contribution in [3.8, 4) is 11.8 Å². The number of aromatic nitrogens is 4. The Hall–Kier alpha value is -2.30. The highest BCUT2D eigenvalue weighted by molar-refractivity contribution is 7.93. The Kier molecular flexibility index (Phi) is 4.82. The summed E-state index contributed by atoms with van der Waals surface area (Å²) in [4.78, 5) is 7.93. The highest BCUT2D eigenvalue weighted by atomic mass is 35.5. The van der Waals surface area contributed by atoms with Crippen molar-refractivity contribution in [2.75, 3.05) is 18.0 Å². The Morgan fingerprint density at radius 2 is 1.92 bits per heavy atom. The summed E-state index contributed by atoms with van der Waals surface area (Å²) in [6, 6.07) is 6.65. The smallest absolute Gasteiger partial charge is 0.315 e. The summed E-state index contributed by atoms with van der Waals surface area (Å²) >= 11 is 12.1. The van der Waals surface area contributed by atoms with Crippen LogP contribution >= 0.6 is 23.4 Å². The van der Waals surface area contributed by atoms with Crippen molar-refractivity contribution in [3.05, 3.63) is 34.9 Å². The molecule has 0 unspecified atom stereocenters. The number of fused-ring (bicyclic) bond motifs is 1. The fourth-order valence-corrected chi connectivity index (χ4v) is 3.67. The molecule has 0 atom stereocenters. The van der Waals surface area contributed by atoms with Gasteiger partial charge in [0.2, 0.25) is 11.8 Å². The first-order chi connectivity index (χ1) is 12.3. The lowest BCUT2D eigenvalue weighted by atomic mass is 10.2. The number of anilines is 1. The zero-order valence-corrected chi connectivity index (χ0v) is 16.2. The minimum absolute atomic E-state index is 0.0220. The van der Waals surface area contributed by atoms with E-state index in [-0.39, 0.29) is 28.2 Å². The molecule has 0 bridgehead atoms. The van der Waals surface area contributed by atoms with Gasteiger partial charge in [-0.1, -0.05) is 23.7 Å². The number of hydrogen-bond acceptors (Lipinski definition) is 7. The zero-order valence-electron chi connectivity index (χ0n) is 13.8. The first-order valence-electron chi connectivity index (χ1n) is 7.11. The summed E-state index contributed by atoms with van der Waals surface area (Å²) in [6.45, 7) is 1.81. The molecule has 1 aromatic carbocycles. The molecule has 3 aromatic rings. The Labute approximate surface area is 159 Å². The van der Waals surface area contributed by atoms with Crippen molar-refractivity contribution in [1.29, 1.82) is 0 Å². The molecular weight excluding hydrogens is 405 g/mol. The van der Waals surface area contributed by atoms with E-state index < -0.39 is 15.2 Å². The Morgan fingerprint density at radius 1 is 1.19 bits per heavy atom. The monoisotopic (exact) mass is 417 g/mol. The minimum Gasteiger partial charge on any atom is -0.480 e. The summed E-state index contributed by atoms with van der Waals surface area (Å²) in [6.07, 6.45) is 0. The minimum atomic E-state index is -4.25. The largest absolute Gasteiger partial charge is 0.480 e. The lowest BCUT2D eigenvalue weighted by Gasteiger charge is -2.13. The van der Waals surface area contributed by atoms with Gasteiger partial charge in [-0.3, -0.25) is 0 Å². The molecule has 2 aromatic heterocycles. The molecule has 26 heavy (non-hydrogen) atoms. The van der Waals surface area contributed by atoms with Crippen LogP contribution in [0.25, 0.3) is 5.78 Å². The molecule has 0 N–H and O–H groups in total. The summed E-state index contributed by atoms with van der Waals surface area (Å²) in [5, 5.41) is 3.38. The molecular formula is C14H13Cl2N5O4S. The van der Waals surface area contributed by atoms with E-state index in [1.54, 1.807) is 18.2 Å². The molecule has 2 heterocycles. The SMILES string of the molecule is COc1nc2nc(S(=O)(=O)N(Cl)c3cccc(C)c3)nn2c(OC)c1Cl. The molecule has 0 saturated heterocycles. The predicted molar refractivity (Wildman–Crippen MR) is 95.6 cm³/mol. The highest BCUT2D eigenvalue weighted by Gasteiger charge is 2.30. The molecule has 3 rings (SSSR count). The average molecular weight is 418 g/mol. The van der Waals surface area contributed by atoms with Gasteiger partial charge in [0.1, 0.15) is 0 Å². The second-order valence-electron chi connectivity index (χ2n) is 5.11. The molecule has 0 spiro atoms. The van der Waals surface area contributed by atoms with Gasteiger partial charge in [-0.15, -0.1) is 5.10 Å². The quantitative estimate of drug-likeness (QED) is 0.587. The van der Waals surface area contributed by atoms with Crippen molar-refractivity contribution < 1.29 is 17.9 Å². The molecule has 9 nitrogen and oxygen atoms in total. The van der Waals surface area contributed by atoms with Gasteiger partial charge >= 0.3 is 10.0 Å². The molecule has 0 aliphatic heterocycles. The number of halogens is 2. The molecule has 0 amide bonds. The van der Waals surface area contributed by atoms with Gasteiger partial charge in [-0.2, -0.15) is 26.7 Å². The number of benzene rings is 1. The maximum Gasteiger partial charge on any atom is 0.315 e. The maximum absolute atomic E-state index is 12.8. The van der Waals surface area contributed by atoms with E-state index >= 15 is 0 Å². The Bertz CT molecular complexity index is 1090. The standard InChI is InChI=1S/C14H13Cl2N5O4S/c1-8-5-4-6-9(7-8)21(16)26(22,23)14-18-13-17-11(24-2)10(15)12(25-3)20(13)19-14/h4-7H,1-3H3. The summed E-state index contributed by atoms with van der Waals surface area (Å²) < 4.78 is 37.4. The number of nitrogens with zero attached hydrogens (tertiary/aromatic N) is 5. The van der Waals surface area contributed by atoms with Gasteiger partial charge in [0, 0.05) is 11.8 Å². The van der Waals surface area contributed by atoms with Crippen LogP contribution in [-0.2, 0) is 10.0 Å². The third-order valence-corrected chi connectivity index (χ3v) is 5.70. The van der Waals surface area contributed by atoms with E-state index in [0.29, 0.717) is 3.82 Å². The number of aryl methyl sites for hydroxylation is 1. The second kappa shape index (κ2) is 6.78. The molecule has 0 fully saturated rings. The molecule has 12 heteroatoms. The van der Waals surface area contributed by atoms with Crippen LogP contribution in [0.2, 0.25) is 5.02 Å². The van der Waals surface area contributed by atoms with Crippen molar-refractivity contribution >= 4 is 44.9 Å². The van der Waals surface area contributed by atoms with E-state index in [1.165, 1.54) is 14.2 Å². The summed E-state index contributed by atoms with van der Waals surface area (Å²) in [7, 11) is -1.55. The molecule has 0 aliphatic rings. The van der Waals surface area contributed by atoms with Crippen molar-refractivity contribution in [3.63, 3.8) is 0 Å². The molecule has 0 saturated carbocycles. The fraction of sp³-hybridized carbons (Fsp3) is 0.214. The van der Waals surface area contributed by atoms with Gasteiger partial charge in [0.15, 0.2) is 5.02 Å². The van der Waals surface area contributed by atoms with Crippen LogP contribution in [0.5, 0.6) is 11.8 Å². The number of methoxy groups -OCH3 is 2. The molecule has 0 aliphatic carbocycles. The van der Waals surface area contributed by atoms with Crippen LogP contribution in [0.15, 0.2) is 29.4 Å². The van der Waals surface area contributed by atoms with E-state index in [1.807, 2.05) is 13.0 Å². The highest BCUT2D eigenvalue weighted by Crippen LogP contribution is 2.33. The predicted octanol–water partition coefficient (Wildman–Crippen LogP) is 2.45. The van der Waals surface area contributed by atoms with Crippen LogP contribution in [0.4, 0.5) is 5.69 Å². The second-order valence-corrected chi connectivity index (χ2v) is 7.71. The summed E-state index contributed by atoms with van der Waals surface area (Å²) in [5.74, 6) is -0.0242. The van der Waals surface area contributed by atoms with E-state index in [4.69, 9.17) is 32.9 Å². The first-order valence-corrected chi connectivity index (χ1v) is 9.27. The van der Waals surface area contributed by atoms with Gasteiger partial charge in [-0.25, -0.2) is 0 Å². The van der Waals surface area contributed by atoms with E-state index in [2.05, 4.69) is 15.1 Å².